The zero-order valence-electron chi connectivity index (χ0n) is 17.7. The number of aliphatic hydroxyl groups is 1. The predicted octanol–water partition coefficient (Wildman–Crippen LogP) is 5.10. The summed E-state index contributed by atoms with van der Waals surface area (Å²) in [6, 6.07) is 11.3. The van der Waals surface area contributed by atoms with E-state index in [9.17, 15) is 5.11 Å². The van der Waals surface area contributed by atoms with Gasteiger partial charge in [0.2, 0.25) is 0 Å². The first-order valence-electron chi connectivity index (χ1n) is 10.1. The fourth-order valence-electron chi connectivity index (χ4n) is 3.25. The average molecular weight is 433 g/mol. The molecule has 4 aromatic heterocycles. The zero-order valence-corrected chi connectivity index (χ0v) is 18.5. The Labute approximate surface area is 185 Å². The topological polar surface area (TPSA) is 95.8 Å². The van der Waals surface area contributed by atoms with Crippen LogP contribution in [-0.4, -0.2) is 38.6 Å². The number of nitrogens with zero attached hydrogens (tertiary/aromatic N) is 4. The molecule has 0 aromatic carbocycles. The van der Waals surface area contributed by atoms with E-state index >= 15 is 0 Å². The number of hydrogen-bond donors (Lipinski definition) is 3. The highest BCUT2D eigenvalue weighted by Gasteiger charge is 2.12. The third-order valence-electron chi connectivity index (χ3n) is 4.89. The van der Waals surface area contributed by atoms with Crippen LogP contribution in [0.15, 0.2) is 54.4 Å². The Morgan fingerprint density at radius 2 is 1.97 bits per heavy atom. The standard InChI is InChI=1S/C23H24N6OS/c1-4-15(12-24-3)22(30)16-8-5-9-19(27-16)29-20-11-17-18(13-26-20)31-23(28-17)21-14(2)7-6-10-25-21/h5-11,13,24,30H,4,12H2,1-3H3,(H,26,27,29)/b22-15-. The molecule has 0 bridgehead atoms. The minimum atomic E-state index is 0.207. The fourth-order valence-corrected chi connectivity index (χ4v) is 4.23. The molecule has 0 aliphatic rings. The van der Waals surface area contributed by atoms with E-state index in [2.05, 4.69) is 25.6 Å². The van der Waals surface area contributed by atoms with Crippen LogP contribution in [0.3, 0.4) is 0 Å². The van der Waals surface area contributed by atoms with Gasteiger partial charge >= 0.3 is 0 Å². The van der Waals surface area contributed by atoms with Crippen LogP contribution in [0.25, 0.3) is 26.7 Å². The number of aryl methyl sites for hydroxylation is 1. The third-order valence-corrected chi connectivity index (χ3v) is 5.90. The van der Waals surface area contributed by atoms with Crippen LogP contribution in [0.2, 0.25) is 0 Å². The van der Waals surface area contributed by atoms with Crippen molar-refractivity contribution in [3.63, 3.8) is 0 Å². The Hall–Kier alpha value is -3.36. The molecule has 0 atom stereocenters. The van der Waals surface area contributed by atoms with Crippen LogP contribution in [0.4, 0.5) is 11.6 Å². The van der Waals surface area contributed by atoms with Gasteiger partial charge in [-0.2, -0.15) is 0 Å². The van der Waals surface area contributed by atoms with Crippen LogP contribution >= 0.6 is 11.3 Å². The number of anilines is 2. The van der Waals surface area contributed by atoms with Crippen molar-refractivity contribution in [1.29, 1.82) is 0 Å². The van der Waals surface area contributed by atoms with E-state index in [1.807, 2.05) is 51.2 Å². The molecule has 0 amide bonds. The molecule has 4 heterocycles. The van der Waals surface area contributed by atoms with Crippen molar-refractivity contribution in [2.75, 3.05) is 18.9 Å². The second-order valence-electron chi connectivity index (χ2n) is 7.09. The smallest absolute Gasteiger partial charge is 0.143 e. The number of fused-ring (bicyclic) bond motifs is 1. The predicted molar refractivity (Wildman–Crippen MR) is 127 cm³/mol. The molecule has 7 nitrogen and oxygen atoms in total. The maximum atomic E-state index is 10.6. The van der Waals surface area contributed by atoms with Gasteiger partial charge in [-0.15, -0.1) is 11.3 Å². The minimum absolute atomic E-state index is 0.207. The minimum Gasteiger partial charge on any atom is -0.506 e. The van der Waals surface area contributed by atoms with Gasteiger partial charge in [0.05, 0.1) is 10.2 Å². The molecule has 0 saturated heterocycles. The second-order valence-corrected chi connectivity index (χ2v) is 8.12. The monoisotopic (exact) mass is 432 g/mol. The first-order chi connectivity index (χ1) is 15.1. The molecule has 31 heavy (non-hydrogen) atoms. The van der Waals surface area contributed by atoms with Crippen molar-refractivity contribution in [1.82, 2.24) is 25.3 Å². The number of likely N-dealkylation sites (N-methyl/N-ethyl adjacent to an activating group) is 1. The summed E-state index contributed by atoms with van der Waals surface area (Å²) < 4.78 is 0.993. The average Bonchev–Trinajstić information content (AvgIpc) is 3.20. The molecule has 3 N–H and O–H groups in total. The molecule has 4 rings (SSSR count). The number of thiazole rings is 1. The Morgan fingerprint density at radius 1 is 1.10 bits per heavy atom. The van der Waals surface area contributed by atoms with E-state index in [0.29, 0.717) is 23.9 Å². The summed E-state index contributed by atoms with van der Waals surface area (Å²) in [4.78, 5) is 18.3. The van der Waals surface area contributed by atoms with Gasteiger partial charge in [0, 0.05) is 25.0 Å². The summed E-state index contributed by atoms with van der Waals surface area (Å²) >= 11 is 1.57. The number of aliphatic hydroxyl groups excluding tert-OH is 1. The second kappa shape index (κ2) is 9.20. The van der Waals surface area contributed by atoms with E-state index in [4.69, 9.17) is 4.98 Å². The van der Waals surface area contributed by atoms with Gasteiger partial charge in [-0.05, 0) is 49.7 Å². The molecule has 0 aliphatic heterocycles. The number of pyridine rings is 3. The number of hydrogen-bond acceptors (Lipinski definition) is 8. The fraction of sp³-hybridized carbons (Fsp3) is 0.217. The molecule has 0 unspecified atom stereocenters. The summed E-state index contributed by atoms with van der Waals surface area (Å²) in [5, 5.41) is 17.8. The Morgan fingerprint density at radius 3 is 2.74 bits per heavy atom. The van der Waals surface area contributed by atoms with E-state index in [1.54, 1.807) is 29.8 Å². The van der Waals surface area contributed by atoms with Crippen molar-refractivity contribution >= 4 is 38.9 Å². The van der Waals surface area contributed by atoms with Crippen LogP contribution in [0, 0.1) is 6.92 Å². The van der Waals surface area contributed by atoms with E-state index in [1.165, 1.54) is 0 Å². The molecule has 0 aliphatic carbocycles. The molecule has 0 radical (unpaired) electrons. The molecule has 8 heteroatoms. The van der Waals surface area contributed by atoms with Gasteiger partial charge < -0.3 is 15.7 Å². The Bertz CT molecular complexity index is 1250. The molecule has 0 saturated carbocycles. The molecular weight excluding hydrogens is 408 g/mol. The number of nitrogens with one attached hydrogen (secondary N) is 2. The van der Waals surface area contributed by atoms with Crippen molar-refractivity contribution in [2.24, 2.45) is 0 Å². The quantitative estimate of drug-likeness (QED) is 0.350. The first kappa shape index (κ1) is 20.9. The Balaban J connectivity index is 1.61. The van der Waals surface area contributed by atoms with Crippen molar-refractivity contribution < 1.29 is 5.11 Å². The number of rotatable bonds is 7. The highest BCUT2D eigenvalue weighted by molar-refractivity contribution is 7.21. The Kier molecular flexibility index (Phi) is 6.20. The molecule has 4 aromatic rings. The van der Waals surface area contributed by atoms with Gasteiger partial charge in [0.25, 0.3) is 0 Å². The van der Waals surface area contributed by atoms with E-state index in [-0.39, 0.29) is 5.76 Å². The lowest BCUT2D eigenvalue weighted by Crippen LogP contribution is -2.12. The first-order valence-corrected chi connectivity index (χ1v) is 10.9. The summed E-state index contributed by atoms with van der Waals surface area (Å²) in [5.41, 5.74) is 4.27. The molecule has 158 valence electrons. The lowest BCUT2D eigenvalue weighted by molar-refractivity contribution is 0.498. The highest BCUT2D eigenvalue weighted by atomic mass is 32.1. The maximum absolute atomic E-state index is 10.6. The normalized spacial score (nSPS) is 12.1. The van der Waals surface area contributed by atoms with E-state index in [0.717, 1.165) is 38.5 Å². The highest BCUT2D eigenvalue weighted by Crippen LogP contribution is 2.31. The van der Waals surface area contributed by atoms with Crippen LogP contribution in [0.1, 0.15) is 24.6 Å². The maximum Gasteiger partial charge on any atom is 0.143 e. The van der Waals surface area contributed by atoms with Crippen molar-refractivity contribution in [3.05, 3.63) is 65.6 Å². The summed E-state index contributed by atoms with van der Waals surface area (Å²) in [6.07, 6.45) is 4.33. The third kappa shape index (κ3) is 4.55. The summed E-state index contributed by atoms with van der Waals surface area (Å²) in [6.45, 7) is 4.66. The van der Waals surface area contributed by atoms with Crippen LogP contribution in [-0.2, 0) is 0 Å². The molecule has 0 fully saturated rings. The molecular formula is C23H24N6OS. The van der Waals surface area contributed by atoms with Crippen LogP contribution in [0.5, 0.6) is 0 Å². The lowest BCUT2D eigenvalue weighted by Gasteiger charge is -2.10. The summed E-state index contributed by atoms with van der Waals surface area (Å²) in [7, 11) is 1.86. The van der Waals surface area contributed by atoms with Crippen LogP contribution < -0.4 is 10.6 Å². The van der Waals surface area contributed by atoms with Gasteiger partial charge in [-0.1, -0.05) is 19.1 Å². The van der Waals surface area contributed by atoms with Gasteiger partial charge in [-0.3, -0.25) is 4.98 Å². The van der Waals surface area contributed by atoms with Crippen molar-refractivity contribution in [3.8, 4) is 10.7 Å². The summed E-state index contributed by atoms with van der Waals surface area (Å²) in [5.74, 6) is 1.45. The van der Waals surface area contributed by atoms with Gasteiger partial charge in [-0.25, -0.2) is 15.0 Å². The van der Waals surface area contributed by atoms with Gasteiger partial charge in [0.15, 0.2) is 0 Å². The lowest BCUT2D eigenvalue weighted by atomic mass is 10.1. The SMILES string of the molecule is CC/C(CNC)=C(/O)c1cccc(Nc2cc3nc(-c4ncccc4C)sc3cn2)n1. The van der Waals surface area contributed by atoms with Gasteiger partial charge in [0.1, 0.15) is 33.8 Å². The molecule has 0 spiro atoms. The number of aromatic nitrogens is 4. The van der Waals surface area contributed by atoms with Crippen molar-refractivity contribution in [2.45, 2.75) is 20.3 Å². The zero-order chi connectivity index (χ0) is 21.8. The largest absolute Gasteiger partial charge is 0.506 e. The van der Waals surface area contributed by atoms with E-state index < -0.39 is 0 Å².